The average Bonchev–Trinajstić information content (AvgIpc) is 3.09. The SMILES string of the molecule is CCCN1c2ccccc2Sc2ccc(Cc3nnnn3CC)cc21. The first-order valence-corrected chi connectivity index (χ1v) is 9.54. The van der Waals surface area contributed by atoms with Crippen LogP contribution in [0.15, 0.2) is 52.3 Å². The number of aryl methyl sites for hydroxylation is 1. The maximum Gasteiger partial charge on any atom is 0.155 e. The number of tetrazole rings is 1. The van der Waals surface area contributed by atoms with Crippen molar-refractivity contribution in [2.24, 2.45) is 0 Å². The smallest absolute Gasteiger partial charge is 0.155 e. The van der Waals surface area contributed by atoms with Gasteiger partial charge >= 0.3 is 0 Å². The van der Waals surface area contributed by atoms with Crippen LogP contribution >= 0.6 is 11.8 Å². The summed E-state index contributed by atoms with van der Waals surface area (Å²) in [4.78, 5) is 5.07. The van der Waals surface area contributed by atoms with Gasteiger partial charge in [-0.05, 0) is 53.6 Å². The summed E-state index contributed by atoms with van der Waals surface area (Å²) in [5.74, 6) is 0.911. The van der Waals surface area contributed by atoms with Crippen LogP contribution in [0.3, 0.4) is 0 Å². The fraction of sp³-hybridized carbons (Fsp3) is 0.316. The molecule has 2 aromatic carbocycles. The lowest BCUT2D eigenvalue weighted by Crippen LogP contribution is -2.21. The molecule has 0 bridgehead atoms. The average molecular weight is 351 g/mol. The van der Waals surface area contributed by atoms with E-state index in [2.05, 4.69) is 76.7 Å². The van der Waals surface area contributed by atoms with Gasteiger partial charge in [-0.15, -0.1) is 5.10 Å². The Morgan fingerprint density at radius 3 is 2.68 bits per heavy atom. The monoisotopic (exact) mass is 351 g/mol. The number of nitrogens with zero attached hydrogens (tertiary/aromatic N) is 5. The number of hydrogen-bond donors (Lipinski definition) is 0. The normalized spacial score (nSPS) is 12.8. The number of aromatic nitrogens is 4. The highest BCUT2D eigenvalue weighted by atomic mass is 32.2. The molecule has 1 aliphatic heterocycles. The van der Waals surface area contributed by atoms with E-state index in [4.69, 9.17) is 0 Å². The number of para-hydroxylation sites is 1. The Morgan fingerprint density at radius 2 is 1.84 bits per heavy atom. The largest absolute Gasteiger partial charge is 0.340 e. The van der Waals surface area contributed by atoms with Crippen molar-refractivity contribution in [3.05, 3.63) is 53.9 Å². The van der Waals surface area contributed by atoms with Crippen molar-refractivity contribution in [2.45, 2.75) is 43.0 Å². The molecule has 1 aromatic heterocycles. The molecule has 0 radical (unpaired) electrons. The minimum absolute atomic E-state index is 0.750. The Labute approximate surface area is 152 Å². The minimum atomic E-state index is 0.750. The summed E-state index contributed by atoms with van der Waals surface area (Å²) < 4.78 is 1.85. The number of rotatable bonds is 5. The maximum absolute atomic E-state index is 4.17. The molecule has 6 heteroatoms. The standard InChI is InChI=1S/C19H21N5S/c1-3-11-23-15-7-5-6-8-17(15)25-18-10-9-14(12-16(18)23)13-19-20-21-22-24(19)4-2/h5-10,12H,3-4,11,13H2,1-2H3. The van der Waals surface area contributed by atoms with Crippen molar-refractivity contribution in [1.82, 2.24) is 20.2 Å². The Balaban J connectivity index is 1.71. The molecule has 128 valence electrons. The quantitative estimate of drug-likeness (QED) is 0.686. The summed E-state index contributed by atoms with van der Waals surface area (Å²) in [5, 5.41) is 12.0. The Hall–Kier alpha value is -2.34. The van der Waals surface area contributed by atoms with Gasteiger partial charge in [0.2, 0.25) is 0 Å². The molecule has 0 aliphatic carbocycles. The molecule has 0 fully saturated rings. The predicted molar refractivity (Wildman–Crippen MR) is 101 cm³/mol. The van der Waals surface area contributed by atoms with Crippen molar-refractivity contribution < 1.29 is 0 Å². The molecule has 25 heavy (non-hydrogen) atoms. The third kappa shape index (κ3) is 3.02. The molecule has 0 spiro atoms. The lowest BCUT2D eigenvalue weighted by Gasteiger charge is -2.33. The second-order valence-electron chi connectivity index (χ2n) is 6.11. The molecule has 0 unspecified atom stereocenters. The molecule has 0 saturated heterocycles. The number of hydrogen-bond acceptors (Lipinski definition) is 5. The van der Waals surface area contributed by atoms with E-state index in [-0.39, 0.29) is 0 Å². The minimum Gasteiger partial charge on any atom is -0.340 e. The molecular formula is C19H21N5S. The molecule has 0 N–H and O–H groups in total. The molecule has 1 aliphatic rings. The van der Waals surface area contributed by atoms with Crippen LogP contribution in [0.25, 0.3) is 0 Å². The van der Waals surface area contributed by atoms with Crippen molar-refractivity contribution in [3.8, 4) is 0 Å². The third-order valence-electron chi connectivity index (χ3n) is 4.41. The number of anilines is 2. The topological polar surface area (TPSA) is 46.8 Å². The summed E-state index contributed by atoms with van der Waals surface area (Å²) in [6.07, 6.45) is 1.86. The van der Waals surface area contributed by atoms with E-state index in [0.29, 0.717) is 0 Å². The van der Waals surface area contributed by atoms with Gasteiger partial charge in [0.05, 0.1) is 11.4 Å². The van der Waals surface area contributed by atoms with Gasteiger partial charge < -0.3 is 4.90 Å². The van der Waals surface area contributed by atoms with Crippen LogP contribution in [0.5, 0.6) is 0 Å². The molecule has 2 heterocycles. The van der Waals surface area contributed by atoms with Gasteiger partial charge in [0.1, 0.15) is 0 Å². The lowest BCUT2D eigenvalue weighted by atomic mass is 10.1. The van der Waals surface area contributed by atoms with Gasteiger partial charge in [-0.2, -0.15) is 0 Å². The fourth-order valence-electron chi connectivity index (χ4n) is 3.23. The molecule has 3 aromatic rings. The van der Waals surface area contributed by atoms with E-state index in [1.54, 1.807) is 0 Å². The van der Waals surface area contributed by atoms with Crippen molar-refractivity contribution in [3.63, 3.8) is 0 Å². The van der Waals surface area contributed by atoms with Crippen molar-refractivity contribution >= 4 is 23.1 Å². The van der Waals surface area contributed by atoms with Gasteiger partial charge in [-0.3, -0.25) is 0 Å². The molecule has 0 amide bonds. The van der Waals surface area contributed by atoms with E-state index in [0.717, 1.165) is 31.8 Å². The van der Waals surface area contributed by atoms with Crippen LogP contribution < -0.4 is 4.90 Å². The zero-order chi connectivity index (χ0) is 17.2. The van der Waals surface area contributed by atoms with Gasteiger partial charge in [0, 0.05) is 29.3 Å². The van der Waals surface area contributed by atoms with Crippen LogP contribution in [-0.2, 0) is 13.0 Å². The summed E-state index contributed by atoms with van der Waals surface area (Å²) >= 11 is 1.85. The zero-order valence-corrected chi connectivity index (χ0v) is 15.3. The highest BCUT2D eigenvalue weighted by Crippen LogP contribution is 2.48. The first-order valence-electron chi connectivity index (χ1n) is 8.72. The number of benzene rings is 2. The molecular weight excluding hydrogens is 330 g/mol. The molecule has 5 nitrogen and oxygen atoms in total. The van der Waals surface area contributed by atoms with Gasteiger partial charge in [-0.25, -0.2) is 4.68 Å². The van der Waals surface area contributed by atoms with Crippen LogP contribution in [-0.4, -0.2) is 26.8 Å². The second-order valence-corrected chi connectivity index (χ2v) is 7.19. The van der Waals surface area contributed by atoms with Gasteiger partial charge in [-0.1, -0.05) is 36.9 Å². The maximum atomic E-state index is 4.17. The third-order valence-corrected chi connectivity index (χ3v) is 5.54. The fourth-order valence-corrected chi connectivity index (χ4v) is 4.30. The Bertz CT molecular complexity index is 889. The first kappa shape index (κ1) is 16.1. The zero-order valence-electron chi connectivity index (χ0n) is 14.5. The Kier molecular flexibility index (Phi) is 4.44. The lowest BCUT2D eigenvalue weighted by molar-refractivity contribution is 0.603. The summed E-state index contributed by atoms with van der Waals surface area (Å²) in [7, 11) is 0. The highest BCUT2D eigenvalue weighted by Gasteiger charge is 2.23. The van der Waals surface area contributed by atoms with Crippen molar-refractivity contribution in [2.75, 3.05) is 11.4 Å². The van der Waals surface area contributed by atoms with Crippen molar-refractivity contribution in [1.29, 1.82) is 0 Å². The molecule has 4 rings (SSSR count). The summed E-state index contributed by atoms with van der Waals surface area (Å²) in [5.41, 5.74) is 3.83. The van der Waals surface area contributed by atoms with E-state index in [1.807, 2.05) is 16.4 Å². The van der Waals surface area contributed by atoms with Crippen LogP contribution in [0, 0.1) is 0 Å². The van der Waals surface area contributed by atoms with Gasteiger partial charge in [0.15, 0.2) is 5.82 Å². The Morgan fingerprint density at radius 1 is 1.00 bits per heavy atom. The van der Waals surface area contributed by atoms with Crippen LogP contribution in [0.2, 0.25) is 0 Å². The highest BCUT2D eigenvalue weighted by molar-refractivity contribution is 7.99. The number of fused-ring (bicyclic) bond motifs is 2. The first-order chi connectivity index (χ1) is 12.3. The summed E-state index contributed by atoms with van der Waals surface area (Å²) in [6.45, 7) is 6.09. The summed E-state index contributed by atoms with van der Waals surface area (Å²) in [6, 6.07) is 15.4. The van der Waals surface area contributed by atoms with E-state index in [1.165, 1.54) is 26.7 Å². The van der Waals surface area contributed by atoms with Crippen LogP contribution in [0.4, 0.5) is 11.4 Å². The molecule has 0 saturated carbocycles. The molecule has 0 atom stereocenters. The predicted octanol–water partition coefficient (Wildman–Crippen LogP) is 4.30. The van der Waals surface area contributed by atoms with Crippen LogP contribution in [0.1, 0.15) is 31.7 Å². The van der Waals surface area contributed by atoms with E-state index < -0.39 is 0 Å². The van der Waals surface area contributed by atoms with E-state index >= 15 is 0 Å². The second kappa shape index (κ2) is 6.88. The van der Waals surface area contributed by atoms with Gasteiger partial charge in [0.25, 0.3) is 0 Å². The van der Waals surface area contributed by atoms with E-state index in [9.17, 15) is 0 Å².